The first-order valence-corrected chi connectivity index (χ1v) is 14.8. The smallest absolute Gasteiger partial charge is 0.242 e. The van der Waals surface area contributed by atoms with E-state index in [4.69, 9.17) is 14.7 Å². The Labute approximate surface area is 267 Å². The Morgan fingerprint density at radius 3 is 2.39 bits per heavy atom. The van der Waals surface area contributed by atoms with Crippen molar-refractivity contribution >= 4 is 35.8 Å². The van der Waals surface area contributed by atoms with Crippen LogP contribution >= 0.6 is 0 Å². The molecule has 2 saturated carbocycles. The van der Waals surface area contributed by atoms with Crippen molar-refractivity contribution in [2.45, 2.75) is 38.2 Å². The molecular weight excluding hydrogens is 588 g/mol. The second-order valence-corrected chi connectivity index (χ2v) is 11.0. The molecule has 3 aromatic heterocycles. The van der Waals surface area contributed by atoms with Crippen LogP contribution in [0, 0.1) is 17.2 Å². The van der Waals surface area contributed by atoms with E-state index < -0.39 is 0 Å². The Bertz CT molecular complexity index is 1670. The van der Waals surface area contributed by atoms with E-state index in [0.717, 1.165) is 43.3 Å². The van der Waals surface area contributed by atoms with Crippen LogP contribution in [0.4, 0.5) is 11.5 Å². The van der Waals surface area contributed by atoms with Crippen molar-refractivity contribution in [2.24, 2.45) is 5.92 Å². The Hall–Kier alpha value is -5.51. The molecule has 2 aliphatic carbocycles. The first-order chi connectivity index (χ1) is 22.3. The van der Waals surface area contributed by atoms with Gasteiger partial charge < -0.3 is 33.8 Å². The molecule has 0 aliphatic heterocycles. The Kier molecular flexibility index (Phi) is 11.6. The zero-order valence-corrected chi connectivity index (χ0v) is 26.4. The molecule has 1 aromatic carbocycles. The van der Waals surface area contributed by atoms with Gasteiger partial charge in [-0.05, 0) is 67.5 Å². The number of aromatic nitrogens is 4. The number of imidazole rings is 1. The van der Waals surface area contributed by atoms with Gasteiger partial charge in [0.15, 0.2) is 11.5 Å². The van der Waals surface area contributed by atoms with E-state index in [1.54, 1.807) is 58.6 Å². The lowest BCUT2D eigenvalue weighted by Crippen LogP contribution is -2.36. The van der Waals surface area contributed by atoms with Gasteiger partial charge >= 0.3 is 0 Å². The van der Waals surface area contributed by atoms with E-state index in [9.17, 15) is 14.4 Å². The molecule has 2 amide bonds. The van der Waals surface area contributed by atoms with Crippen LogP contribution < -0.4 is 19.7 Å². The molecule has 2 fully saturated rings. The van der Waals surface area contributed by atoms with Crippen LogP contribution in [0.2, 0.25) is 0 Å². The van der Waals surface area contributed by atoms with Gasteiger partial charge in [0.2, 0.25) is 12.3 Å². The fourth-order valence-electron chi connectivity index (χ4n) is 4.14. The van der Waals surface area contributed by atoms with Crippen LogP contribution in [-0.2, 0) is 21.0 Å². The summed E-state index contributed by atoms with van der Waals surface area (Å²) < 4.78 is 12.6. The van der Waals surface area contributed by atoms with Gasteiger partial charge in [-0.1, -0.05) is 0 Å². The number of fused-ring (bicyclic) bond motifs is 1. The molecule has 0 atom stereocenters. The van der Waals surface area contributed by atoms with E-state index in [1.165, 1.54) is 16.0 Å². The molecule has 0 saturated heterocycles. The van der Waals surface area contributed by atoms with Crippen molar-refractivity contribution < 1.29 is 23.9 Å². The van der Waals surface area contributed by atoms with Crippen molar-refractivity contribution in [1.82, 2.24) is 24.5 Å². The number of amides is 2. The van der Waals surface area contributed by atoms with Gasteiger partial charge in [0.25, 0.3) is 0 Å². The zero-order chi connectivity index (χ0) is 33.1. The normalized spacial score (nSPS) is 13.1. The Morgan fingerprint density at radius 1 is 1.11 bits per heavy atom. The van der Waals surface area contributed by atoms with Crippen molar-refractivity contribution in [1.29, 1.82) is 5.26 Å². The maximum absolute atomic E-state index is 12.2. The van der Waals surface area contributed by atoms with Crippen LogP contribution in [0.15, 0.2) is 55.0 Å². The van der Waals surface area contributed by atoms with Crippen molar-refractivity contribution in [2.75, 3.05) is 45.0 Å². The molecule has 2 aliphatic rings. The van der Waals surface area contributed by atoms with Gasteiger partial charge in [-0.2, -0.15) is 10.4 Å². The number of carbonyl (C=O) groups excluding carboxylic acids is 3. The van der Waals surface area contributed by atoms with Crippen molar-refractivity contribution in [3.63, 3.8) is 0 Å². The standard InChI is InChI=1S/C21H25N7O3.C8H7NO.C4H6O/c1-22-19-7-17(8-23-25-19)31-12-16-10-27-9-15(14-4-5-14)6-18(21(27)24-16)28(13-29)11-20(30)26(2)3;1-10-8-4-2-7(6-9)3-5-8;5-3-4-1-2-4/h6-10,13-14H,4-5,11-12H2,1-3H3,(H,22,25);2-5H,1H3;3-4H,1-2H2. The molecule has 13 heteroatoms. The number of methoxy groups -OCH3 is 1. The number of hydrogen-bond donors (Lipinski definition) is 1. The van der Waals surface area contributed by atoms with E-state index in [-0.39, 0.29) is 19.1 Å². The number of hydrogen-bond acceptors (Lipinski definition) is 10. The van der Waals surface area contributed by atoms with Crippen LogP contribution in [0.1, 0.15) is 48.4 Å². The molecule has 0 bridgehead atoms. The predicted molar refractivity (Wildman–Crippen MR) is 172 cm³/mol. The summed E-state index contributed by atoms with van der Waals surface area (Å²) in [5.74, 6) is 2.72. The molecule has 1 N–H and O–H groups in total. The number of anilines is 2. The summed E-state index contributed by atoms with van der Waals surface area (Å²) in [6.07, 6.45) is 11.7. The minimum atomic E-state index is -0.164. The topological polar surface area (TPSA) is 155 Å². The number of benzene rings is 1. The fourth-order valence-corrected chi connectivity index (χ4v) is 4.14. The first-order valence-electron chi connectivity index (χ1n) is 14.8. The molecule has 3 heterocycles. The van der Waals surface area contributed by atoms with Crippen molar-refractivity contribution in [3.8, 4) is 17.6 Å². The lowest BCUT2D eigenvalue weighted by molar-refractivity contribution is -0.128. The third-order valence-electron chi connectivity index (χ3n) is 7.20. The molecular formula is C33H38N8O5. The van der Waals surface area contributed by atoms with Crippen LogP contribution in [0.3, 0.4) is 0 Å². The second-order valence-electron chi connectivity index (χ2n) is 11.0. The van der Waals surface area contributed by atoms with Gasteiger partial charge in [-0.15, -0.1) is 5.10 Å². The number of carbonyl (C=O) groups is 3. The number of nitrogens with one attached hydrogen (secondary N) is 1. The van der Waals surface area contributed by atoms with Gasteiger partial charge in [-0.25, -0.2) is 4.98 Å². The van der Waals surface area contributed by atoms with E-state index >= 15 is 0 Å². The van der Waals surface area contributed by atoms with Gasteiger partial charge in [-0.3, -0.25) is 9.59 Å². The maximum Gasteiger partial charge on any atom is 0.242 e. The number of rotatable bonds is 11. The number of nitrogens with zero attached hydrogens (tertiary/aromatic N) is 7. The zero-order valence-electron chi connectivity index (χ0n) is 26.4. The quantitative estimate of drug-likeness (QED) is 0.243. The summed E-state index contributed by atoms with van der Waals surface area (Å²) in [6.45, 7) is 0.181. The van der Waals surface area contributed by atoms with Crippen molar-refractivity contribution in [3.05, 3.63) is 71.8 Å². The first kappa shape index (κ1) is 33.4. The van der Waals surface area contributed by atoms with Crippen LogP contribution in [-0.4, -0.2) is 77.9 Å². The molecule has 6 rings (SSSR count). The van der Waals surface area contributed by atoms with E-state index in [1.807, 2.05) is 28.9 Å². The summed E-state index contributed by atoms with van der Waals surface area (Å²) in [7, 11) is 6.69. The number of nitriles is 1. The molecule has 4 aromatic rings. The van der Waals surface area contributed by atoms with Gasteiger partial charge in [0, 0.05) is 45.5 Å². The predicted octanol–water partition coefficient (Wildman–Crippen LogP) is 3.84. The minimum Gasteiger partial charge on any atom is -0.497 e. The van der Waals surface area contributed by atoms with Crippen LogP contribution in [0.25, 0.3) is 5.65 Å². The molecule has 0 unspecified atom stereocenters. The Balaban J connectivity index is 0.000000261. The molecule has 0 spiro atoms. The summed E-state index contributed by atoms with van der Waals surface area (Å²) in [6, 6.07) is 12.7. The van der Waals surface area contributed by atoms with Gasteiger partial charge in [0.1, 0.15) is 30.9 Å². The number of aldehydes is 1. The van der Waals surface area contributed by atoms with Crippen LogP contribution in [0.5, 0.6) is 11.5 Å². The lowest BCUT2D eigenvalue weighted by Gasteiger charge is -2.20. The number of pyridine rings is 1. The highest BCUT2D eigenvalue weighted by molar-refractivity contribution is 5.92. The lowest BCUT2D eigenvalue weighted by atomic mass is 10.1. The molecule has 0 radical (unpaired) electrons. The summed E-state index contributed by atoms with van der Waals surface area (Å²) in [4.78, 5) is 41.2. The average Bonchev–Trinajstić information content (AvgIpc) is 4.03. The molecule has 240 valence electrons. The maximum atomic E-state index is 12.2. The highest BCUT2D eigenvalue weighted by atomic mass is 16.5. The largest absolute Gasteiger partial charge is 0.497 e. The van der Waals surface area contributed by atoms with E-state index in [0.29, 0.717) is 52.4 Å². The number of likely N-dealkylation sites (N-methyl/N-ethyl adjacent to an activating group) is 1. The summed E-state index contributed by atoms with van der Waals surface area (Å²) in [5.41, 5.74) is 3.70. The highest BCUT2D eigenvalue weighted by Crippen LogP contribution is 2.41. The Morgan fingerprint density at radius 2 is 1.85 bits per heavy atom. The highest BCUT2D eigenvalue weighted by Gasteiger charge is 2.27. The summed E-state index contributed by atoms with van der Waals surface area (Å²) >= 11 is 0. The third kappa shape index (κ3) is 9.49. The summed E-state index contributed by atoms with van der Waals surface area (Å²) in [5, 5.41) is 19.1. The van der Waals surface area contributed by atoms with E-state index in [2.05, 4.69) is 20.5 Å². The second kappa shape index (κ2) is 16.0. The minimum absolute atomic E-state index is 0.0472. The third-order valence-corrected chi connectivity index (χ3v) is 7.20. The number of ether oxygens (including phenoxy) is 2. The monoisotopic (exact) mass is 626 g/mol. The average molecular weight is 627 g/mol. The SMILES string of the molecule is CNc1cc(OCc2cn3cc(C4CC4)cc(N(C=O)CC(=O)N(C)C)c3n2)cnn1.COc1ccc(C#N)cc1.O=CC1CC1. The molecule has 46 heavy (non-hydrogen) atoms. The van der Waals surface area contributed by atoms with Gasteiger partial charge in [0.05, 0.1) is 36.3 Å². The fraction of sp³-hybridized carbons (Fsp3) is 0.364. The molecule has 13 nitrogen and oxygen atoms in total.